The van der Waals surface area contributed by atoms with Crippen molar-refractivity contribution in [2.24, 2.45) is 0 Å². The lowest BCUT2D eigenvalue weighted by Crippen LogP contribution is -2.20. The Hall–Kier alpha value is -1.00. The molecule has 0 saturated carbocycles. The average Bonchev–Trinajstić information content (AvgIpc) is 2.39. The maximum absolute atomic E-state index is 5.48. The van der Waals surface area contributed by atoms with Gasteiger partial charge in [0.1, 0.15) is 16.0 Å². The van der Waals surface area contributed by atoms with E-state index < -0.39 is 0 Å². The van der Waals surface area contributed by atoms with Crippen LogP contribution in [0.5, 0.6) is 11.5 Å². The van der Waals surface area contributed by atoms with Gasteiger partial charge >= 0.3 is 0 Å². The molecule has 4 heteroatoms. The van der Waals surface area contributed by atoms with E-state index >= 15 is 0 Å². The number of benzene rings is 1. The molecule has 0 radical (unpaired) electrons. The van der Waals surface area contributed by atoms with Crippen LogP contribution in [0, 0.1) is 0 Å². The van der Waals surface area contributed by atoms with E-state index in [0.29, 0.717) is 0 Å². The number of hydrogen-bond donors (Lipinski definition) is 1. The summed E-state index contributed by atoms with van der Waals surface area (Å²) < 4.78 is 11.6. The molecule has 0 fully saturated rings. The molecular weight excluding hydrogens is 282 g/mol. The second-order valence-electron chi connectivity index (χ2n) is 3.85. The molecular formula is C13H16BrNO2. The Morgan fingerprint density at radius 2 is 2.06 bits per heavy atom. The number of nitrogens with one attached hydrogen (secondary N) is 1. The largest absolute Gasteiger partial charge is 0.495 e. The Bertz CT molecular complexity index is 443. The summed E-state index contributed by atoms with van der Waals surface area (Å²) >= 11 is 3.53. The predicted octanol–water partition coefficient (Wildman–Crippen LogP) is 2.84. The number of hydrogen-bond acceptors (Lipinski definition) is 3. The van der Waals surface area contributed by atoms with Gasteiger partial charge in [-0.3, -0.25) is 0 Å². The van der Waals surface area contributed by atoms with E-state index in [4.69, 9.17) is 9.47 Å². The molecule has 3 nitrogen and oxygen atoms in total. The van der Waals surface area contributed by atoms with Gasteiger partial charge in [0, 0.05) is 12.1 Å². The summed E-state index contributed by atoms with van der Waals surface area (Å²) in [6.45, 7) is 1.93. The molecule has 1 aromatic rings. The van der Waals surface area contributed by atoms with Gasteiger partial charge in [0.05, 0.1) is 14.2 Å². The highest BCUT2D eigenvalue weighted by molar-refractivity contribution is 9.10. The summed E-state index contributed by atoms with van der Waals surface area (Å²) in [4.78, 5) is 0. The molecule has 1 N–H and O–H groups in total. The van der Waals surface area contributed by atoms with Crippen LogP contribution in [0.3, 0.4) is 0 Å². The van der Waals surface area contributed by atoms with E-state index in [9.17, 15) is 0 Å². The van der Waals surface area contributed by atoms with Crippen molar-refractivity contribution in [2.45, 2.75) is 6.42 Å². The van der Waals surface area contributed by atoms with Crippen LogP contribution in [-0.4, -0.2) is 27.3 Å². The molecule has 0 atom stereocenters. The summed E-state index contributed by atoms with van der Waals surface area (Å²) in [5.74, 6) is 1.64. The zero-order chi connectivity index (χ0) is 12.3. The number of halogens is 1. The zero-order valence-electron chi connectivity index (χ0n) is 10.0. The minimum atomic E-state index is 0.792. The Morgan fingerprint density at radius 3 is 2.65 bits per heavy atom. The molecule has 0 spiro atoms. The highest BCUT2D eigenvalue weighted by Gasteiger charge is 2.16. The zero-order valence-corrected chi connectivity index (χ0v) is 11.6. The molecule has 0 saturated heterocycles. The van der Waals surface area contributed by atoms with Gasteiger partial charge in [0.2, 0.25) is 0 Å². The van der Waals surface area contributed by atoms with Crippen LogP contribution in [0.1, 0.15) is 12.0 Å². The fraction of sp³-hybridized carbons (Fsp3) is 0.385. The van der Waals surface area contributed by atoms with Crippen LogP contribution < -0.4 is 14.8 Å². The normalized spacial score (nSPS) is 15.4. The van der Waals surface area contributed by atoms with Crippen LogP contribution in [0.4, 0.5) is 0 Å². The third-order valence-corrected chi connectivity index (χ3v) is 3.65. The topological polar surface area (TPSA) is 30.5 Å². The third-order valence-electron chi connectivity index (χ3n) is 2.90. The van der Waals surface area contributed by atoms with Gasteiger partial charge in [-0.15, -0.1) is 0 Å². The van der Waals surface area contributed by atoms with Gasteiger partial charge in [-0.25, -0.2) is 0 Å². The number of ether oxygens (including phenoxy) is 2. The Morgan fingerprint density at radius 1 is 1.24 bits per heavy atom. The third kappa shape index (κ3) is 2.48. The summed E-state index contributed by atoms with van der Waals surface area (Å²) in [5, 5.41) is 3.31. The summed E-state index contributed by atoms with van der Waals surface area (Å²) in [7, 11) is 3.34. The molecule has 0 unspecified atom stereocenters. The van der Waals surface area contributed by atoms with Crippen LogP contribution in [0.25, 0.3) is 5.57 Å². The van der Waals surface area contributed by atoms with Gasteiger partial charge in [-0.1, -0.05) is 6.08 Å². The second kappa shape index (κ2) is 5.56. The van der Waals surface area contributed by atoms with Crippen LogP contribution in [0.2, 0.25) is 0 Å². The second-order valence-corrected chi connectivity index (χ2v) is 4.64. The van der Waals surface area contributed by atoms with Gasteiger partial charge < -0.3 is 14.8 Å². The molecule has 17 heavy (non-hydrogen) atoms. The van der Waals surface area contributed by atoms with Crippen molar-refractivity contribution in [1.29, 1.82) is 0 Å². The molecule has 92 valence electrons. The van der Waals surface area contributed by atoms with Crippen LogP contribution in [-0.2, 0) is 0 Å². The molecule has 1 aromatic carbocycles. The van der Waals surface area contributed by atoms with Crippen molar-refractivity contribution in [3.63, 3.8) is 0 Å². The van der Waals surface area contributed by atoms with E-state index in [1.165, 1.54) is 5.57 Å². The SMILES string of the molecule is COc1ccc(C2=CCNCC2)c(OC)c1Br. The molecule has 0 amide bonds. The van der Waals surface area contributed by atoms with E-state index in [0.717, 1.165) is 41.0 Å². The van der Waals surface area contributed by atoms with Gasteiger partial charge in [0.25, 0.3) is 0 Å². The van der Waals surface area contributed by atoms with Gasteiger partial charge in [-0.05, 0) is 46.6 Å². The highest BCUT2D eigenvalue weighted by Crippen LogP contribution is 2.40. The predicted molar refractivity (Wildman–Crippen MR) is 72.7 cm³/mol. The van der Waals surface area contributed by atoms with Crippen molar-refractivity contribution in [1.82, 2.24) is 5.32 Å². The first kappa shape index (κ1) is 12.5. The fourth-order valence-corrected chi connectivity index (χ4v) is 2.68. The van der Waals surface area contributed by atoms with E-state index in [-0.39, 0.29) is 0 Å². The lowest BCUT2D eigenvalue weighted by atomic mass is 9.99. The molecule has 1 aliphatic heterocycles. The molecule has 0 aliphatic carbocycles. The molecule has 2 rings (SSSR count). The Kier molecular flexibility index (Phi) is 4.07. The molecule has 0 bridgehead atoms. The first-order valence-corrected chi connectivity index (χ1v) is 6.37. The van der Waals surface area contributed by atoms with Crippen LogP contribution in [0.15, 0.2) is 22.7 Å². The highest BCUT2D eigenvalue weighted by atomic mass is 79.9. The average molecular weight is 298 g/mol. The van der Waals surface area contributed by atoms with E-state index in [1.807, 2.05) is 6.07 Å². The Labute approximate surface area is 110 Å². The number of rotatable bonds is 3. The standard InChI is InChI=1S/C13H16BrNO2/c1-16-11-4-3-10(13(17-2)12(11)14)9-5-7-15-8-6-9/h3-5,15H,6-8H2,1-2H3. The van der Waals surface area contributed by atoms with Crippen LogP contribution >= 0.6 is 15.9 Å². The summed E-state index contributed by atoms with van der Waals surface area (Å²) in [6.07, 6.45) is 3.23. The first-order valence-electron chi connectivity index (χ1n) is 5.58. The fourth-order valence-electron chi connectivity index (χ4n) is 2.02. The van der Waals surface area contributed by atoms with Gasteiger partial charge in [-0.2, -0.15) is 0 Å². The van der Waals surface area contributed by atoms with Crippen molar-refractivity contribution >= 4 is 21.5 Å². The monoisotopic (exact) mass is 297 g/mol. The van der Waals surface area contributed by atoms with Crippen molar-refractivity contribution in [3.05, 3.63) is 28.2 Å². The summed E-state index contributed by atoms with van der Waals surface area (Å²) in [5.41, 5.74) is 2.46. The minimum Gasteiger partial charge on any atom is -0.495 e. The minimum absolute atomic E-state index is 0.792. The molecule has 0 aromatic heterocycles. The summed E-state index contributed by atoms with van der Waals surface area (Å²) in [6, 6.07) is 4.02. The smallest absolute Gasteiger partial charge is 0.144 e. The Balaban J connectivity index is 2.46. The quantitative estimate of drug-likeness (QED) is 0.931. The first-order chi connectivity index (χ1) is 8.27. The van der Waals surface area contributed by atoms with Gasteiger partial charge in [0.15, 0.2) is 0 Å². The van der Waals surface area contributed by atoms with E-state index in [2.05, 4.69) is 33.4 Å². The molecule has 1 aliphatic rings. The molecule has 1 heterocycles. The van der Waals surface area contributed by atoms with Crippen molar-refractivity contribution < 1.29 is 9.47 Å². The van der Waals surface area contributed by atoms with E-state index in [1.54, 1.807) is 14.2 Å². The lowest BCUT2D eigenvalue weighted by molar-refractivity contribution is 0.388. The number of methoxy groups -OCH3 is 2. The lowest BCUT2D eigenvalue weighted by Gasteiger charge is -2.18. The van der Waals surface area contributed by atoms with Crippen molar-refractivity contribution in [3.8, 4) is 11.5 Å². The maximum Gasteiger partial charge on any atom is 0.144 e. The van der Waals surface area contributed by atoms with Crippen molar-refractivity contribution in [2.75, 3.05) is 27.3 Å². The maximum atomic E-state index is 5.48.